The Morgan fingerprint density at radius 1 is 1.29 bits per heavy atom. The molecular formula is C18H18FN3O2. The van der Waals surface area contributed by atoms with Crippen LogP contribution in [0.5, 0.6) is 5.75 Å². The Bertz CT molecular complexity index is 889. The van der Waals surface area contributed by atoms with Gasteiger partial charge in [0.15, 0.2) is 11.4 Å². The average Bonchev–Trinajstić information content (AvgIpc) is 2.95. The molecule has 1 aromatic carbocycles. The Morgan fingerprint density at radius 2 is 2.12 bits per heavy atom. The van der Waals surface area contributed by atoms with Gasteiger partial charge in [-0.1, -0.05) is 13.0 Å². The summed E-state index contributed by atoms with van der Waals surface area (Å²) in [6.45, 7) is 4.34. The summed E-state index contributed by atoms with van der Waals surface area (Å²) in [5.74, 6) is -0.113. The van der Waals surface area contributed by atoms with E-state index in [9.17, 15) is 9.18 Å². The summed E-state index contributed by atoms with van der Waals surface area (Å²) in [4.78, 5) is 17.2. The number of amides is 1. The second-order valence-corrected chi connectivity index (χ2v) is 5.22. The van der Waals surface area contributed by atoms with E-state index in [2.05, 4.69) is 10.3 Å². The number of nitrogens with one attached hydrogen (secondary N) is 1. The zero-order valence-corrected chi connectivity index (χ0v) is 13.5. The van der Waals surface area contributed by atoms with Crippen LogP contribution < -0.4 is 10.1 Å². The van der Waals surface area contributed by atoms with Crippen molar-refractivity contribution >= 4 is 17.2 Å². The maximum atomic E-state index is 13.3. The lowest BCUT2D eigenvalue weighted by Gasteiger charge is -2.08. The van der Waals surface area contributed by atoms with Gasteiger partial charge in [-0.15, -0.1) is 0 Å². The Labute approximate surface area is 139 Å². The van der Waals surface area contributed by atoms with E-state index in [0.29, 0.717) is 41.5 Å². The maximum Gasteiger partial charge on any atom is 0.274 e. The largest absolute Gasteiger partial charge is 0.490 e. The predicted octanol–water partition coefficient (Wildman–Crippen LogP) is 3.69. The molecule has 3 aromatic rings. The van der Waals surface area contributed by atoms with Gasteiger partial charge in [0, 0.05) is 11.9 Å². The van der Waals surface area contributed by atoms with Gasteiger partial charge in [0.1, 0.15) is 11.5 Å². The summed E-state index contributed by atoms with van der Waals surface area (Å²) in [5.41, 5.74) is 2.09. The monoisotopic (exact) mass is 327 g/mol. The second-order valence-electron chi connectivity index (χ2n) is 5.22. The molecule has 3 rings (SSSR count). The molecule has 24 heavy (non-hydrogen) atoms. The van der Waals surface area contributed by atoms with Crippen molar-refractivity contribution < 1.29 is 13.9 Å². The molecule has 0 atom stereocenters. The molecule has 0 radical (unpaired) electrons. The summed E-state index contributed by atoms with van der Waals surface area (Å²) in [7, 11) is 0. The molecule has 0 aliphatic rings. The van der Waals surface area contributed by atoms with Gasteiger partial charge >= 0.3 is 0 Å². The standard InChI is InChI=1S/C18H18FN3O2/c1-3-14-16(18(23)20-13-8-5-7-12(19)11-13)22-10-6-9-15(24-4-2)17(22)21-14/h5-11H,3-4H2,1-2H3,(H,20,23). The molecule has 0 aliphatic carbocycles. The molecule has 0 unspecified atom stereocenters. The summed E-state index contributed by atoms with van der Waals surface area (Å²) >= 11 is 0. The fraction of sp³-hybridized carbons (Fsp3) is 0.222. The molecule has 0 saturated heterocycles. The molecule has 0 fully saturated rings. The molecule has 0 aliphatic heterocycles. The number of hydrogen-bond donors (Lipinski definition) is 1. The highest BCUT2D eigenvalue weighted by Gasteiger charge is 2.20. The quantitative estimate of drug-likeness (QED) is 0.777. The Hall–Kier alpha value is -2.89. The first-order valence-electron chi connectivity index (χ1n) is 7.83. The highest BCUT2D eigenvalue weighted by molar-refractivity contribution is 6.04. The smallest absolute Gasteiger partial charge is 0.274 e. The van der Waals surface area contributed by atoms with Crippen molar-refractivity contribution in [1.82, 2.24) is 9.38 Å². The molecule has 124 valence electrons. The van der Waals surface area contributed by atoms with E-state index in [1.54, 1.807) is 28.8 Å². The number of aryl methyl sites for hydroxylation is 1. The highest BCUT2D eigenvalue weighted by Crippen LogP contribution is 2.23. The number of nitrogens with zero attached hydrogens (tertiary/aromatic N) is 2. The lowest BCUT2D eigenvalue weighted by molar-refractivity contribution is 0.102. The van der Waals surface area contributed by atoms with Crippen LogP contribution in [0.2, 0.25) is 0 Å². The predicted molar refractivity (Wildman–Crippen MR) is 90.1 cm³/mol. The third kappa shape index (κ3) is 2.95. The summed E-state index contributed by atoms with van der Waals surface area (Å²) < 4.78 is 20.6. The molecule has 1 amide bonds. The molecule has 5 nitrogen and oxygen atoms in total. The number of halogens is 1. The van der Waals surface area contributed by atoms with E-state index in [4.69, 9.17) is 4.74 Å². The van der Waals surface area contributed by atoms with Crippen LogP contribution in [0.25, 0.3) is 5.65 Å². The minimum atomic E-state index is -0.403. The topological polar surface area (TPSA) is 55.6 Å². The summed E-state index contributed by atoms with van der Waals surface area (Å²) in [6, 6.07) is 9.42. The molecule has 6 heteroatoms. The lowest BCUT2D eigenvalue weighted by atomic mass is 10.2. The first kappa shape index (κ1) is 16.0. The molecule has 0 bridgehead atoms. The number of pyridine rings is 1. The lowest BCUT2D eigenvalue weighted by Crippen LogP contribution is -2.16. The zero-order valence-electron chi connectivity index (χ0n) is 13.5. The minimum Gasteiger partial charge on any atom is -0.490 e. The minimum absolute atomic E-state index is 0.335. The SMILES string of the molecule is CCOc1cccn2c(C(=O)Nc3cccc(F)c3)c(CC)nc12. The van der Waals surface area contributed by atoms with Crippen LogP contribution in [0, 0.1) is 5.82 Å². The van der Waals surface area contributed by atoms with E-state index >= 15 is 0 Å². The number of fused-ring (bicyclic) bond motifs is 1. The van der Waals surface area contributed by atoms with E-state index in [1.807, 2.05) is 19.9 Å². The third-order valence-corrected chi connectivity index (χ3v) is 3.62. The highest BCUT2D eigenvalue weighted by atomic mass is 19.1. The summed E-state index contributed by atoms with van der Waals surface area (Å²) in [6.07, 6.45) is 2.36. The summed E-state index contributed by atoms with van der Waals surface area (Å²) in [5, 5.41) is 2.72. The Balaban J connectivity index is 2.04. The van der Waals surface area contributed by atoms with Gasteiger partial charge in [-0.05, 0) is 43.7 Å². The van der Waals surface area contributed by atoms with Gasteiger partial charge in [0.2, 0.25) is 0 Å². The number of benzene rings is 1. The number of ether oxygens (including phenoxy) is 1. The first-order chi connectivity index (χ1) is 11.6. The average molecular weight is 327 g/mol. The number of rotatable bonds is 5. The van der Waals surface area contributed by atoms with Crippen molar-refractivity contribution in [2.24, 2.45) is 0 Å². The Kier molecular flexibility index (Phi) is 4.46. The third-order valence-electron chi connectivity index (χ3n) is 3.62. The van der Waals surface area contributed by atoms with E-state index < -0.39 is 5.82 Å². The van der Waals surface area contributed by atoms with E-state index in [1.165, 1.54) is 12.1 Å². The molecule has 0 saturated carbocycles. The fourth-order valence-corrected chi connectivity index (χ4v) is 2.60. The van der Waals surface area contributed by atoms with E-state index in [-0.39, 0.29) is 5.91 Å². The molecule has 0 spiro atoms. The van der Waals surface area contributed by atoms with Crippen LogP contribution >= 0.6 is 0 Å². The van der Waals surface area contributed by atoms with Crippen molar-refractivity contribution in [2.45, 2.75) is 20.3 Å². The van der Waals surface area contributed by atoms with Gasteiger partial charge in [0.05, 0.1) is 12.3 Å². The number of carbonyl (C=O) groups excluding carboxylic acids is 1. The first-order valence-corrected chi connectivity index (χ1v) is 7.83. The molecular weight excluding hydrogens is 309 g/mol. The maximum absolute atomic E-state index is 13.3. The molecule has 2 aromatic heterocycles. The van der Waals surface area contributed by atoms with Crippen molar-refractivity contribution in [3.05, 3.63) is 59.8 Å². The van der Waals surface area contributed by atoms with Crippen LogP contribution in [-0.2, 0) is 6.42 Å². The van der Waals surface area contributed by atoms with Gasteiger partial charge in [-0.2, -0.15) is 0 Å². The van der Waals surface area contributed by atoms with Gasteiger partial charge in [-0.3, -0.25) is 9.20 Å². The van der Waals surface area contributed by atoms with Gasteiger partial charge in [0.25, 0.3) is 5.91 Å². The van der Waals surface area contributed by atoms with Crippen LogP contribution in [0.15, 0.2) is 42.6 Å². The molecule has 1 N–H and O–H groups in total. The van der Waals surface area contributed by atoms with Gasteiger partial charge < -0.3 is 10.1 Å². The zero-order chi connectivity index (χ0) is 17.1. The number of aromatic nitrogens is 2. The van der Waals surface area contributed by atoms with Crippen molar-refractivity contribution in [3.63, 3.8) is 0 Å². The molecule has 2 heterocycles. The normalized spacial score (nSPS) is 10.8. The van der Waals surface area contributed by atoms with Crippen LogP contribution in [-0.4, -0.2) is 21.9 Å². The van der Waals surface area contributed by atoms with E-state index in [0.717, 1.165) is 0 Å². The number of imidazole rings is 1. The van der Waals surface area contributed by atoms with Crippen molar-refractivity contribution in [2.75, 3.05) is 11.9 Å². The Morgan fingerprint density at radius 3 is 2.83 bits per heavy atom. The number of hydrogen-bond acceptors (Lipinski definition) is 3. The number of carbonyl (C=O) groups is 1. The fourth-order valence-electron chi connectivity index (χ4n) is 2.60. The van der Waals surface area contributed by atoms with Gasteiger partial charge in [-0.25, -0.2) is 9.37 Å². The van der Waals surface area contributed by atoms with Crippen LogP contribution in [0.3, 0.4) is 0 Å². The van der Waals surface area contributed by atoms with Crippen molar-refractivity contribution in [1.29, 1.82) is 0 Å². The van der Waals surface area contributed by atoms with Crippen LogP contribution in [0.4, 0.5) is 10.1 Å². The van der Waals surface area contributed by atoms with Crippen LogP contribution in [0.1, 0.15) is 30.0 Å². The second kappa shape index (κ2) is 6.70. The van der Waals surface area contributed by atoms with Crippen molar-refractivity contribution in [3.8, 4) is 5.75 Å². The number of anilines is 1.